The summed E-state index contributed by atoms with van der Waals surface area (Å²) in [5, 5.41) is 11.4. The zero-order chi connectivity index (χ0) is 18.1. The van der Waals surface area contributed by atoms with Crippen molar-refractivity contribution in [3.8, 4) is 0 Å². The Morgan fingerprint density at radius 1 is 1.23 bits per heavy atom. The Labute approximate surface area is 160 Å². The fourth-order valence-corrected chi connectivity index (χ4v) is 5.55. The van der Waals surface area contributed by atoms with Gasteiger partial charge in [-0.3, -0.25) is 9.59 Å². The van der Waals surface area contributed by atoms with E-state index in [1.165, 1.54) is 13.3 Å². The van der Waals surface area contributed by atoms with E-state index in [1.54, 1.807) is 23.1 Å². The van der Waals surface area contributed by atoms with Crippen LogP contribution in [0.1, 0.15) is 36.5 Å². The maximum absolute atomic E-state index is 12.5. The summed E-state index contributed by atoms with van der Waals surface area (Å²) in [7, 11) is 0. The number of hydrogen-bond donors (Lipinski definition) is 3. The molecule has 7 heteroatoms. The van der Waals surface area contributed by atoms with Crippen LogP contribution in [0, 0.1) is 0 Å². The van der Waals surface area contributed by atoms with Gasteiger partial charge < -0.3 is 16.0 Å². The molecule has 26 heavy (non-hydrogen) atoms. The summed E-state index contributed by atoms with van der Waals surface area (Å²) >= 11 is 3.21. The van der Waals surface area contributed by atoms with Gasteiger partial charge in [0.15, 0.2) is 0 Å². The molecule has 136 valence electrons. The second-order valence-corrected chi connectivity index (χ2v) is 9.11. The Kier molecular flexibility index (Phi) is 5.02. The molecule has 2 bridgehead atoms. The molecule has 0 spiro atoms. The summed E-state index contributed by atoms with van der Waals surface area (Å²) in [4.78, 5) is 24.6. The predicted octanol–water partition coefficient (Wildman–Crippen LogP) is 3.48. The number of thiophene rings is 1. The van der Waals surface area contributed by atoms with E-state index in [9.17, 15) is 9.59 Å². The number of carbonyl (C=O) groups excluding carboxylic acids is 2. The first-order valence-corrected chi connectivity index (χ1v) is 10.5. The summed E-state index contributed by atoms with van der Waals surface area (Å²) in [6, 6.07) is 10.9. The minimum Gasteiger partial charge on any atom is -0.348 e. The standard InChI is InChI=1S/C19H21N3O2S2/c1-11(23)20-14-9-18(25-10-14)26-15-5-2-12(3-6-15)19(24)22-17-8-13-4-7-16(17)21-13/h2-3,5-6,9-10,13,16-17,21H,4,7-8H2,1H3,(H,20,23)(H,22,24). The summed E-state index contributed by atoms with van der Waals surface area (Å²) in [5.41, 5.74) is 1.52. The maximum Gasteiger partial charge on any atom is 0.251 e. The molecule has 3 unspecified atom stereocenters. The van der Waals surface area contributed by atoms with E-state index >= 15 is 0 Å². The van der Waals surface area contributed by atoms with Crippen LogP contribution >= 0.6 is 23.1 Å². The zero-order valence-corrected chi connectivity index (χ0v) is 16.1. The average Bonchev–Trinajstić information content (AvgIpc) is 3.32. The zero-order valence-electron chi connectivity index (χ0n) is 14.5. The highest BCUT2D eigenvalue weighted by Crippen LogP contribution is 2.34. The molecule has 3 atom stereocenters. The third-order valence-electron chi connectivity index (χ3n) is 4.85. The van der Waals surface area contributed by atoms with Crippen molar-refractivity contribution < 1.29 is 9.59 Å². The van der Waals surface area contributed by atoms with E-state index in [0.29, 0.717) is 17.6 Å². The molecule has 2 aliphatic heterocycles. The first-order chi connectivity index (χ1) is 12.6. The number of nitrogens with one attached hydrogen (secondary N) is 3. The van der Waals surface area contributed by atoms with Gasteiger partial charge in [0, 0.05) is 40.9 Å². The van der Waals surface area contributed by atoms with Crippen LogP contribution in [-0.2, 0) is 4.79 Å². The van der Waals surface area contributed by atoms with Crippen molar-refractivity contribution in [3.05, 3.63) is 41.3 Å². The van der Waals surface area contributed by atoms with Gasteiger partial charge in [0.25, 0.3) is 5.91 Å². The minimum atomic E-state index is -0.0691. The molecule has 2 amide bonds. The van der Waals surface area contributed by atoms with Gasteiger partial charge in [0.2, 0.25) is 5.91 Å². The van der Waals surface area contributed by atoms with Gasteiger partial charge in [0.05, 0.1) is 9.90 Å². The van der Waals surface area contributed by atoms with Crippen molar-refractivity contribution >= 4 is 40.6 Å². The van der Waals surface area contributed by atoms with Gasteiger partial charge in [0.1, 0.15) is 0 Å². The molecule has 0 saturated carbocycles. The lowest BCUT2D eigenvalue weighted by Gasteiger charge is -2.21. The third-order valence-corrected chi connectivity index (χ3v) is 6.93. The fourth-order valence-electron chi connectivity index (χ4n) is 3.66. The molecule has 3 N–H and O–H groups in total. The van der Waals surface area contributed by atoms with Gasteiger partial charge in [-0.2, -0.15) is 0 Å². The number of amides is 2. The summed E-state index contributed by atoms with van der Waals surface area (Å²) < 4.78 is 1.10. The second kappa shape index (κ2) is 7.42. The normalized spacial score (nSPS) is 23.8. The number of rotatable bonds is 5. The molecular formula is C19H21N3O2S2. The Balaban J connectivity index is 1.35. The van der Waals surface area contributed by atoms with Crippen LogP contribution < -0.4 is 16.0 Å². The first kappa shape index (κ1) is 17.6. The maximum atomic E-state index is 12.5. The second-order valence-electron chi connectivity index (χ2n) is 6.83. The number of hydrogen-bond acceptors (Lipinski definition) is 5. The fraction of sp³-hybridized carbons (Fsp3) is 0.368. The van der Waals surface area contributed by atoms with E-state index < -0.39 is 0 Å². The molecule has 5 nitrogen and oxygen atoms in total. The molecule has 3 heterocycles. The highest BCUT2D eigenvalue weighted by molar-refractivity contribution is 8.01. The van der Waals surface area contributed by atoms with E-state index in [1.807, 2.05) is 35.7 Å². The van der Waals surface area contributed by atoms with Crippen LogP contribution in [0.25, 0.3) is 0 Å². The molecule has 2 aliphatic rings. The molecule has 2 saturated heterocycles. The van der Waals surface area contributed by atoms with Gasteiger partial charge >= 0.3 is 0 Å². The first-order valence-electron chi connectivity index (χ1n) is 8.78. The lowest BCUT2D eigenvalue weighted by atomic mass is 9.95. The number of benzene rings is 1. The van der Waals surface area contributed by atoms with Crippen LogP contribution in [0.2, 0.25) is 0 Å². The lowest BCUT2D eigenvalue weighted by Crippen LogP contribution is -2.42. The van der Waals surface area contributed by atoms with Gasteiger partial charge in [-0.05, 0) is 49.6 Å². The highest BCUT2D eigenvalue weighted by atomic mass is 32.2. The van der Waals surface area contributed by atoms with Crippen LogP contribution in [-0.4, -0.2) is 29.9 Å². The average molecular weight is 388 g/mol. The van der Waals surface area contributed by atoms with Gasteiger partial charge in [-0.1, -0.05) is 11.8 Å². The van der Waals surface area contributed by atoms with Crippen LogP contribution in [0.3, 0.4) is 0 Å². The molecular weight excluding hydrogens is 366 g/mol. The number of carbonyl (C=O) groups is 2. The quantitative estimate of drug-likeness (QED) is 0.735. The molecule has 2 aromatic rings. The van der Waals surface area contributed by atoms with E-state index in [-0.39, 0.29) is 17.9 Å². The summed E-state index contributed by atoms with van der Waals surface area (Å²) in [6.07, 6.45) is 3.43. The molecule has 2 fully saturated rings. The Morgan fingerprint density at radius 2 is 2.04 bits per heavy atom. The van der Waals surface area contributed by atoms with Crippen LogP contribution in [0.4, 0.5) is 5.69 Å². The summed E-state index contributed by atoms with van der Waals surface area (Å²) in [5.74, 6) is -0.0645. The van der Waals surface area contributed by atoms with Crippen LogP contribution in [0.15, 0.2) is 44.8 Å². The van der Waals surface area contributed by atoms with Crippen LogP contribution in [0.5, 0.6) is 0 Å². The van der Waals surface area contributed by atoms with Gasteiger partial charge in [-0.15, -0.1) is 11.3 Å². The van der Waals surface area contributed by atoms with Crippen molar-refractivity contribution in [1.82, 2.24) is 10.6 Å². The van der Waals surface area contributed by atoms with E-state index in [0.717, 1.165) is 27.6 Å². The largest absolute Gasteiger partial charge is 0.348 e. The van der Waals surface area contributed by atoms with Gasteiger partial charge in [-0.25, -0.2) is 0 Å². The predicted molar refractivity (Wildman–Crippen MR) is 105 cm³/mol. The highest BCUT2D eigenvalue weighted by Gasteiger charge is 2.39. The topological polar surface area (TPSA) is 70.2 Å². The Bertz CT molecular complexity index is 818. The molecule has 4 rings (SSSR count). The molecule has 0 aliphatic carbocycles. The van der Waals surface area contributed by atoms with E-state index in [4.69, 9.17) is 0 Å². The van der Waals surface area contributed by atoms with Crippen molar-refractivity contribution in [2.45, 2.75) is 53.4 Å². The lowest BCUT2D eigenvalue weighted by molar-refractivity contribution is -0.114. The number of fused-ring (bicyclic) bond motifs is 2. The van der Waals surface area contributed by atoms with Crippen molar-refractivity contribution in [3.63, 3.8) is 0 Å². The smallest absolute Gasteiger partial charge is 0.251 e. The SMILES string of the molecule is CC(=O)Nc1csc(Sc2ccc(C(=O)NC3CC4CCC3N4)cc2)c1. The third kappa shape index (κ3) is 3.95. The Morgan fingerprint density at radius 3 is 2.69 bits per heavy atom. The summed E-state index contributed by atoms with van der Waals surface area (Å²) in [6.45, 7) is 1.50. The van der Waals surface area contributed by atoms with Crippen molar-refractivity contribution in [2.75, 3.05) is 5.32 Å². The molecule has 1 aromatic heterocycles. The van der Waals surface area contributed by atoms with E-state index in [2.05, 4.69) is 16.0 Å². The minimum absolute atomic E-state index is 0.00460. The Hall–Kier alpha value is -1.83. The van der Waals surface area contributed by atoms with Crippen molar-refractivity contribution in [1.29, 1.82) is 0 Å². The molecule has 0 radical (unpaired) electrons. The number of anilines is 1. The van der Waals surface area contributed by atoms with Crippen molar-refractivity contribution in [2.24, 2.45) is 0 Å². The monoisotopic (exact) mass is 387 g/mol. The molecule has 1 aromatic carbocycles.